The van der Waals surface area contributed by atoms with E-state index in [0.29, 0.717) is 25.9 Å². The minimum absolute atomic E-state index is 0.0728. The molecule has 24 heavy (non-hydrogen) atoms. The summed E-state index contributed by atoms with van der Waals surface area (Å²) in [5.41, 5.74) is 0.863. The van der Waals surface area contributed by atoms with Gasteiger partial charge in [0.15, 0.2) is 0 Å². The lowest BCUT2D eigenvalue weighted by molar-refractivity contribution is -0.139. The van der Waals surface area contributed by atoms with E-state index in [1.165, 1.54) is 0 Å². The van der Waals surface area contributed by atoms with Gasteiger partial charge in [0.1, 0.15) is 17.4 Å². The van der Waals surface area contributed by atoms with Gasteiger partial charge in [-0.15, -0.1) is 0 Å². The van der Waals surface area contributed by atoms with Crippen LogP contribution in [0, 0.1) is 5.92 Å². The van der Waals surface area contributed by atoms with E-state index in [1.807, 2.05) is 44.2 Å². The smallest absolute Gasteiger partial charge is 0.243 e. The van der Waals surface area contributed by atoms with Crippen LogP contribution in [0.2, 0.25) is 0 Å². The van der Waals surface area contributed by atoms with Gasteiger partial charge in [-0.2, -0.15) is 0 Å². The maximum Gasteiger partial charge on any atom is 0.243 e. The Bertz CT molecular complexity index is 702. The molecule has 1 aromatic heterocycles. The van der Waals surface area contributed by atoms with Crippen molar-refractivity contribution in [1.82, 2.24) is 10.2 Å². The van der Waals surface area contributed by atoms with E-state index in [0.717, 1.165) is 23.2 Å². The van der Waals surface area contributed by atoms with Crippen LogP contribution in [0.1, 0.15) is 32.4 Å². The molecule has 3 rings (SSSR count). The Hall–Kier alpha value is -2.30. The van der Waals surface area contributed by atoms with E-state index < -0.39 is 0 Å². The second kappa shape index (κ2) is 7.07. The van der Waals surface area contributed by atoms with Crippen LogP contribution in [0.4, 0.5) is 0 Å². The van der Waals surface area contributed by atoms with Gasteiger partial charge in [0.25, 0.3) is 0 Å². The van der Waals surface area contributed by atoms with Crippen molar-refractivity contribution in [2.45, 2.75) is 39.2 Å². The number of furan rings is 1. The van der Waals surface area contributed by atoms with Crippen LogP contribution in [0.25, 0.3) is 11.0 Å². The van der Waals surface area contributed by atoms with Crippen LogP contribution >= 0.6 is 0 Å². The molecule has 1 atom stereocenters. The average molecular weight is 328 g/mol. The third-order valence-electron chi connectivity index (χ3n) is 4.49. The quantitative estimate of drug-likeness (QED) is 0.887. The van der Waals surface area contributed by atoms with E-state index in [1.54, 1.807) is 4.90 Å². The summed E-state index contributed by atoms with van der Waals surface area (Å²) in [5, 5.41) is 4.03. The van der Waals surface area contributed by atoms with Crippen molar-refractivity contribution >= 4 is 22.8 Å². The van der Waals surface area contributed by atoms with Crippen molar-refractivity contribution < 1.29 is 14.0 Å². The number of likely N-dealkylation sites (tertiary alicyclic amines) is 1. The van der Waals surface area contributed by atoms with Gasteiger partial charge in [-0.1, -0.05) is 32.0 Å². The lowest BCUT2D eigenvalue weighted by atomic mass is 10.0. The molecule has 2 amide bonds. The number of amides is 2. The summed E-state index contributed by atoms with van der Waals surface area (Å²) in [6, 6.07) is 9.49. The highest BCUT2D eigenvalue weighted by molar-refractivity contribution is 5.88. The Balaban J connectivity index is 1.58. The van der Waals surface area contributed by atoms with Crippen molar-refractivity contribution in [3.63, 3.8) is 0 Å². The Morgan fingerprint density at radius 1 is 1.33 bits per heavy atom. The van der Waals surface area contributed by atoms with E-state index >= 15 is 0 Å². The molecule has 1 aromatic carbocycles. The highest BCUT2D eigenvalue weighted by atomic mass is 16.3. The van der Waals surface area contributed by atoms with Crippen LogP contribution in [0.15, 0.2) is 34.7 Å². The lowest BCUT2D eigenvalue weighted by Gasteiger charge is -2.29. The zero-order valence-electron chi connectivity index (χ0n) is 14.2. The number of nitrogens with one attached hydrogen (secondary N) is 1. The highest BCUT2D eigenvalue weighted by Crippen LogP contribution is 2.20. The molecular weight excluding hydrogens is 304 g/mol. The van der Waals surface area contributed by atoms with Gasteiger partial charge in [-0.05, 0) is 24.5 Å². The maximum atomic E-state index is 12.5. The van der Waals surface area contributed by atoms with Gasteiger partial charge >= 0.3 is 0 Å². The number of rotatable bonds is 6. The summed E-state index contributed by atoms with van der Waals surface area (Å²) < 4.78 is 5.76. The fourth-order valence-electron chi connectivity index (χ4n) is 3.34. The molecule has 0 bridgehead atoms. The minimum atomic E-state index is -0.379. The minimum Gasteiger partial charge on any atom is -0.461 e. The zero-order chi connectivity index (χ0) is 17.1. The van der Waals surface area contributed by atoms with Crippen LogP contribution in [0.3, 0.4) is 0 Å². The normalized spacial score (nSPS) is 16.1. The van der Waals surface area contributed by atoms with E-state index in [4.69, 9.17) is 4.42 Å². The molecule has 0 radical (unpaired) electrons. The fraction of sp³-hybridized carbons (Fsp3) is 0.474. The summed E-state index contributed by atoms with van der Waals surface area (Å²) in [6.07, 6.45) is 2.03. The Morgan fingerprint density at radius 3 is 2.79 bits per heavy atom. The van der Waals surface area contributed by atoms with Crippen LogP contribution in [0.5, 0.6) is 0 Å². The third-order valence-corrected chi connectivity index (χ3v) is 4.49. The third kappa shape index (κ3) is 3.45. The largest absolute Gasteiger partial charge is 0.461 e. The van der Waals surface area contributed by atoms with Gasteiger partial charge in [-0.25, -0.2) is 0 Å². The summed E-state index contributed by atoms with van der Waals surface area (Å²) >= 11 is 0. The van der Waals surface area contributed by atoms with Crippen molar-refractivity contribution in [2.24, 2.45) is 5.92 Å². The molecule has 5 heteroatoms. The first kappa shape index (κ1) is 16.6. The molecule has 0 aliphatic carbocycles. The topological polar surface area (TPSA) is 62.6 Å². The van der Waals surface area contributed by atoms with Crippen LogP contribution in [-0.2, 0) is 16.0 Å². The number of hydrogen-bond donors (Lipinski definition) is 1. The molecule has 2 aromatic rings. The molecule has 0 saturated carbocycles. The monoisotopic (exact) mass is 328 g/mol. The summed E-state index contributed by atoms with van der Waals surface area (Å²) in [5.74, 6) is 0.964. The SMILES string of the molecule is CC(C)[C@@H](C(=O)NCCc1cc2ccccc2o1)N1CCCC1=O. The molecular formula is C19H24N2O3. The number of carbonyl (C=O) groups excluding carboxylic acids is 2. The molecule has 1 N–H and O–H groups in total. The van der Waals surface area contributed by atoms with Gasteiger partial charge in [0.2, 0.25) is 11.8 Å². The first-order valence-corrected chi connectivity index (χ1v) is 8.61. The first-order chi connectivity index (χ1) is 11.6. The number of para-hydroxylation sites is 1. The highest BCUT2D eigenvalue weighted by Gasteiger charge is 2.34. The molecule has 128 valence electrons. The zero-order valence-corrected chi connectivity index (χ0v) is 14.2. The summed E-state index contributed by atoms with van der Waals surface area (Å²) in [4.78, 5) is 26.2. The molecule has 1 aliphatic rings. The second-order valence-corrected chi connectivity index (χ2v) is 6.67. The molecule has 1 fully saturated rings. The standard InChI is InChI=1S/C19H24N2O3/c1-13(2)18(21-11-5-8-17(21)22)19(23)20-10-9-15-12-14-6-3-4-7-16(14)24-15/h3-4,6-7,12-13,18H,5,8-11H2,1-2H3,(H,20,23)/t18-/m0/s1. The predicted octanol–water partition coefficient (Wildman–Crippen LogP) is 2.74. The maximum absolute atomic E-state index is 12.5. The van der Waals surface area contributed by atoms with Gasteiger partial charge < -0.3 is 14.6 Å². The summed E-state index contributed by atoms with van der Waals surface area (Å²) in [6.45, 7) is 5.15. The van der Waals surface area contributed by atoms with Crippen molar-refractivity contribution in [1.29, 1.82) is 0 Å². The Kier molecular flexibility index (Phi) is 4.88. The first-order valence-electron chi connectivity index (χ1n) is 8.61. The van der Waals surface area contributed by atoms with E-state index in [-0.39, 0.29) is 23.8 Å². The molecule has 5 nitrogen and oxygen atoms in total. The number of nitrogens with zero attached hydrogens (tertiary/aromatic N) is 1. The van der Waals surface area contributed by atoms with Crippen LogP contribution < -0.4 is 5.32 Å². The number of hydrogen-bond acceptors (Lipinski definition) is 3. The average Bonchev–Trinajstić information content (AvgIpc) is 3.13. The molecule has 2 heterocycles. The van der Waals surface area contributed by atoms with Crippen molar-refractivity contribution in [3.8, 4) is 0 Å². The van der Waals surface area contributed by atoms with E-state index in [9.17, 15) is 9.59 Å². The van der Waals surface area contributed by atoms with Gasteiger partial charge in [-0.3, -0.25) is 9.59 Å². The van der Waals surface area contributed by atoms with Gasteiger partial charge in [0.05, 0.1) is 0 Å². The Labute approximate surface area is 142 Å². The van der Waals surface area contributed by atoms with Gasteiger partial charge in [0, 0.05) is 31.3 Å². The molecule has 0 unspecified atom stereocenters. The predicted molar refractivity (Wildman–Crippen MR) is 92.5 cm³/mol. The number of benzene rings is 1. The Morgan fingerprint density at radius 2 is 2.12 bits per heavy atom. The second-order valence-electron chi connectivity index (χ2n) is 6.67. The fourth-order valence-corrected chi connectivity index (χ4v) is 3.34. The van der Waals surface area contributed by atoms with Crippen molar-refractivity contribution in [2.75, 3.05) is 13.1 Å². The lowest BCUT2D eigenvalue weighted by Crippen LogP contribution is -2.50. The molecule has 1 aliphatic heterocycles. The number of carbonyl (C=O) groups is 2. The van der Waals surface area contributed by atoms with E-state index in [2.05, 4.69) is 5.32 Å². The molecule has 1 saturated heterocycles. The number of fused-ring (bicyclic) bond motifs is 1. The summed E-state index contributed by atoms with van der Waals surface area (Å²) in [7, 11) is 0. The van der Waals surface area contributed by atoms with Crippen molar-refractivity contribution in [3.05, 3.63) is 36.1 Å². The van der Waals surface area contributed by atoms with Crippen LogP contribution in [-0.4, -0.2) is 35.8 Å². The molecule has 0 spiro atoms.